The van der Waals surface area contributed by atoms with Crippen LogP contribution in [0.2, 0.25) is 5.02 Å². The van der Waals surface area contributed by atoms with Gasteiger partial charge in [-0.2, -0.15) is 0 Å². The Bertz CT molecular complexity index is 1070. The van der Waals surface area contributed by atoms with Crippen LogP contribution >= 0.6 is 23.4 Å². The fourth-order valence-corrected chi connectivity index (χ4v) is 3.90. The molecule has 2 heterocycles. The van der Waals surface area contributed by atoms with Crippen molar-refractivity contribution in [2.24, 2.45) is 0 Å². The average Bonchev–Trinajstić information content (AvgIpc) is 3.19. The maximum absolute atomic E-state index is 5.99. The van der Waals surface area contributed by atoms with Gasteiger partial charge >= 0.3 is 0 Å². The Morgan fingerprint density at radius 1 is 1.00 bits per heavy atom. The number of halogens is 1. The molecule has 0 aliphatic rings. The fourth-order valence-electron chi connectivity index (χ4n) is 2.86. The molecule has 0 atom stereocenters. The maximum Gasteiger partial charge on any atom is 0.196 e. The van der Waals surface area contributed by atoms with E-state index < -0.39 is 0 Å². The molecule has 7 heteroatoms. The Hall–Kier alpha value is -2.83. The Labute approximate surface area is 178 Å². The highest BCUT2D eigenvalue weighted by Gasteiger charge is 2.16. The summed E-state index contributed by atoms with van der Waals surface area (Å²) >= 11 is 7.62. The van der Waals surface area contributed by atoms with Crippen LogP contribution in [-0.2, 0) is 5.75 Å². The van der Waals surface area contributed by atoms with Crippen molar-refractivity contribution in [2.75, 3.05) is 6.61 Å². The SMILES string of the molecule is CCOc1ccc(-n2c(SCc3ccc(Cl)cc3)nnc2-c2cccnc2)cc1. The average molecular weight is 423 g/mol. The van der Waals surface area contributed by atoms with Crippen LogP contribution in [0.3, 0.4) is 0 Å². The largest absolute Gasteiger partial charge is 0.494 e. The van der Waals surface area contributed by atoms with E-state index in [0.29, 0.717) is 6.61 Å². The first kappa shape index (κ1) is 19.5. The smallest absolute Gasteiger partial charge is 0.196 e. The molecule has 0 aliphatic heterocycles. The second kappa shape index (κ2) is 9.11. The Kier molecular flexibility index (Phi) is 6.12. The molecule has 29 heavy (non-hydrogen) atoms. The number of ether oxygens (including phenoxy) is 1. The summed E-state index contributed by atoms with van der Waals surface area (Å²) in [4.78, 5) is 4.22. The van der Waals surface area contributed by atoms with Gasteiger partial charge in [0.05, 0.1) is 6.61 Å². The molecule has 0 saturated carbocycles. The van der Waals surface area contributed by atoms with Crippen molar-refractivity contribution < 1.29 is 4.74 Å². The molecular formula is C22H19ClN4OS. The van der Waals surface area contributed by atoms with E-state index in [4.69, 9.17) is 16.3 Å². The minimum atomic E-state index is 0.634. The number of thioether (sulfide) groups is 1. The molecule has 0 saturated heterocycles. The molecule has 146 valence electrons. The number of aromatic nitrogens is 4. The summed E-state index contributed by atoms with van der Waals surface area (Å²) in [6.45, 7) is 2.61. The summed E-state index contributed by atoms with van der Waals surface area (Å²) in [5.41, 5.74) is 3.05. The zero-order valence-corrected chi connectivity index (χ0v) is 17.4. The molecule has 5 nitrogen and oxygen atoms in total. The number of rotatable bonds is 7. The van der Waals surface area contributed by atoms with Gasteiger partial charge in [0.25, 0.3) is 0 Å². The summed E-state index contributed by atoms with van der Waals surface area (Å²) in [7, 11) is 0. The van der Waals surface area contributed by atoms with Gasteiger partial charge in [-0.15, -0.1) is 10.2 Å². The molecule has 0 fully saturated rings. The first-order chi connectivity index (χ1) is 14.2. The fraction of sp³-hybridized carbons (Fsp3) is 0.136. The molecule has 0 aliphatic carbocycles. The minimum absolute atomic E-state index is 0.634. The van der Waals surface area contributed by atoms with Gasteiger partial charge in [0, 0.05) is 34.4 Å². The second-order valence-corrected chi connectivity index (χ2v) is 7.60. The van der Waals surface area contributed by atoms with Gasteiger partial charge in [-0.05, 0) is 61.0 Å². The van der Waals surface area contributed by atoms with Crippen LogP contribution in [-0.4, -0.2) is 26.4 Å². The van der Waals surface area contributed by atoms with Gasteiger partial charge in [-0.25, -0.2) is 0 Å². The third-order valence-electron chi connectivity index (χ3n) is 4.24. The van der Waals surface area contributed by atoms with E-state index in [1.54, 1.807) is 24.2 Å². The van der Waals surface area contributed by atoms with Gasteiger partial charge < -0.3 is 4.74 Å². The Balaban J connectivity index is 1.69. The number of hydrogen-bond acceptors (Lipinski definition) is 5. The molecule has 0 unspecified atom stereocenters. The summed E-state index contributed by atoms with van der Waals surface area (Å²) < 4.78 is 7.62. The lowest BCUT2D eigenvalue weighted by atomic mass is 10.2. The summed E-state index contributed by atoms with van der Waals surface area (Å²) in [6.07, 6.45) is 3.54. The van der Waals surface area contributed by atoms with Crippen LogP contribution in [0.1, 0.15) is 12.5 Å². The van der Waals surface area contributed by atoms with Gasteiger partial charge in [0.15, 0.2) is 11.0 Å². The minimum Gasteiger partial charge on any atom is -0.494 e. The van der Waals surface area contributed by atoms with Crippen LogP contribution < -0.4 is 4.74 Å². The van der Waals surface area contributed by atoms with E-state index in [1.165, 1.54) is 5.56 Å². The lowest BCUT2D eigenvalue weighted by molar-refractivity contribution is 0.340. The Morgan fingerprint density at radius 3 is 2.48 bits per heavy atom. The number of nitrogens with zero attached hydrogens (tertiary/aromatic N) is 4. The van der Waals surface area contributed by atoms with E-state index in [0.717, 1.165) is 38.8 Å². The number of benzene rings is 2. The predicted molar refractivity (Wildman–Crippen MR) is 117 cm³/mol. The molecule has 0 bridgehead atoms. The molecular weight excluding hydrogens is 404 g/mol. The van der Waals surface area contributed by atoms with E-state index in [2.05, 4.69) is 15.2 Å². The summed E-state index contributed by atoms with van der Waals surface area (Å²) in [5, 5.41) is 10.4. The summed E-state index contributed by atoms with van der Waals surface area (Å²) in [6, 6.07) is 19.7. The van der Waals surface area contributed by atoms with Gasteiger partial charge in [0.2, 0.25) is 0 Å². The quantitative estimate of drug-likeness (QED) is 0.359. The van der Waals surface area contributed by atoms with Crippen molar-refractivity contribution in [1.82, 2.24) is 19.7 Å². The van der Waals surface area contributed by atoms with E-state index in [-0.39, 0.29) is 0 Å². The van der Waals surface area contributed by atoms with Crippen molar-refractivity contribution in [3.8, 4) is 22.8 Å². The highest BCUT2D eigenvalue weighted by atomic mass is 35.5. The highest BCUT2D eigenvalue weighted by molar-refractivity contribution is 7.98. The first-order valence-electron chi connectivity index (χ1n) is 9.21. The first-order valence-corrected chi connectivity index (χ1v) is 10.6. The lowest BCUT2D eigenvalue weighted by Crippen LogP contribution is -2.00. The lowest BCUT2D eigenvalue weighted by Gasteiger charge is -2.11. The van der Waals surface area contributed by atoms with Crippen molar-refractivity contribution >= 4 is 23.4 Å². The zero-order chi connectivity index (χ0) is 20.1. The molecule has 4 aromatic rings. The topological polar surface area (TPSA) is 52.8 Å². The van der Waals surface area contributed by atoms with Crippen LogP contribution in [0.4, 0.5) is 0 Å². The zero-order valence-electron chi connectivity index (χ0n) is 15.8. The van der Waals surface area contributed by atoms with Gasteiger partial charge in [-0.1, -0.05) is 35.5 Å². The molecule has 2 aromatic heterocycles. The van der Waals surface area contributed by atoms with Gasteiger partial charge in [-0.3, -0.25) is 9.55 Å². The molecule has 0 spiro atoms. The van der Waals surface area contributed by atoms with Crippen molar-refractivity contribution in [2.45, 2.75) is 17.8 Å². The summed E-state index contributed by atoms with van der Waals surface area (Å²) in [5.74, 6) is 2.35. The highest BCUT2D eigenvalue weighted by Crippen LogP contribution is 2.30. The predicted octanol–water partition coefficient (Wildman–Crippen LogP) is 5.67. The molecule has 4 rings (SSSR count). The van der Waals surface area contributed by atoms with Crippen molar-refractivity contribution in [3.63, 3.8) is 0 Å². The molecule has 0 N–H and O–H groups in total. The van der Waals surface area contributed by atoms with Crippen molar-refractivity contribution in [3.05, 3.63) is 83.6 Å². The van der Waals surface area contributed by atoms with E-state index in [1.807, 2.05) is 72.2 Å². The van der Waals surface area contributed by atoms with Crippen LogP contribution in [0, 0.1) is 0 Å². The van der Waals surface area contributed by atoms with Crippen LogP contribution in [0.15, 0.2) is 78.2 Å². The van der Waals surface area contributed by atoms with Crippen molar-refractivity contribution in [1.29, 1.82) is 0 Å². The van der Waals surface area contributed by atoms with Gasteiger partial charge in [0.1, 0.15) is 5.75 Å². The normalized spacial score (nSPS) is 10.8. The molecule has 2 aromatic carbocycles. The maximum atomic E-state index is 5.99. The standard InChI is InChI=1S/C22H19ClN4OS/c1-2-28-20-11-9-19(10-12-20)27-21(17-4-3-13-24-14-17)25-26-22(27)29-15-16-5-7-18(23)8-6-16/h3-14H,2,15H2,1H3. The number of hydrogen-bond donors (Lipinski definition) is 0. The van der Waals surface area contributed by atoms with E-state index >= 15 is 0 Å². The van der Waals surface area contributed by atoms with Crippen LogP contribution in [0.25, 0.3) is 17.1 Å². The monoisotopic (exact) mass is 422 g/mol. The number of pyridine rings is 1. The second-order valence-electron chi connectivity index (χ2n) is 6.23. The Morgan fingerprint density at radius 2 is 1.79 bits per heavy atom. The molecule has 0 radical (unpaired) electrons. The van der Waals surface area contributed by atoms with Crippen LogP contribution in [0.5, 0.6) is 5.75 Å². The third kappa shape index (κ3) is 4.60. The third-order valence-corrected chi connectivity index (χ3v) is 5.49. The molecule has 0 amide bonds. The van der Waals surface area contributed by atoms with E-state index in [9.17, 15) is 0 Å².